The van der Waals surface area contributed by atoms with Crippen LogP contribution in [0.2, 0.25) is 0 Å². The summed E-state index contributed by atoms with van der Waals surface area (Å²) in [5.74, 6) is -0.0567. The van der Waals surface area contributed by atoms with Gasteiger partial charge in [-0.1, -0.05) is 15.9 Å². The van der Waals surface area contributed by atoms with Gasteiger partial charge in [-0.3, -0.25) is 9.89 Å². The van der Waals surface area contributed by atoms with Crippen molar-refractivity contribution < 1.29 is 4.79 Å². The Bertz CT molecular complexity index is 565. The van der Waals surface area contributed by atoms with Crippen LogP contribution in [0.5, 0.6) is 0 Å². The fourth-order valence-corrected chi connectivity index (χ4v) is 2.01. The first-order chi connectivity index (χ1) is 9.66. The van der Waals surface area contributed by atoms with Gasteiger partial charge in [-0.15, -0.1) is 0 Å². The maximum atomic E-state index is 11.8. The molecule has 1 aromatic heterocycles. The van der Waals surface area contributed by atoms with Gasteiger partial charge in [-0.05, 0) is 31.2 Å². The summed E-state index contributed by atoms with van der Waals surface area (Å²) in [6.45, 7) is 4.04. The Morgan fingerprint density at radius 1 is 1.30 bits per heavy atom. The molecule has 2 aromatic rings. The summed E-state index contributed by atoms with van der Waals surface area (Å²) in [5.41, 5.74) is 2.87. The van der Waals surface area contributed by atoms with Crippen molar-refractivity contribution in [2.45, 2.75) is 13.5 Å². The first-order valence-electron chi connectivity index (χ1n) is 6.40. The van der Waals surface area contributed by atoms with Crippen molar-refractivity contribution in [3.05, 3.63) is 51.8 Å². The van der Waals surface area contributed by atoms with Gasteiger partial charge in [-0.25, -0.2) is 0 Å². The highest BCUT2D eigenvalue weighted by atomic mass is 79.9. The van der Waals surface area contributed by atoms with Crippen LogP contribution in [0.15, 0.2) is 34.9 Å². The molecule has 1 amide bonds. The predicted octanol–water partition coefficient (Wildman–Crippen LogP) is 2.00. The number of H-pyrrole nitrogens is 1. The zero-order chi connectivity index (χ0) is 14.4. The largest absolute Gasteiger partial charge is 0.351 e. The van der Waals surface area contributed by atoms with E-state index in [-0.39, 0.29) is 5.91 Å². The molecular weight excluding hydrogens is 320 g/mol. The molecule has 2 rings (SSSR count). The molecule has 5 nitrogen and oxygen atoms in total. The highest BCUT2D eigenvalue weighted by molar-refractivity contribution is 9.10. The molecule has 20 heavy (non-hydrogen) atoms. The van der Waals surface area contributed by atoms with Gasteiger partial charge in [0, 0.05) is 40.9 Å². The van der Waals surface area contributed by atoms with Gasteiger partial charge in [-0.2, -0.15) is 5.10 Å². The number of benzene rings is 1. The lowest BCUT2D eigenvalue weighted by Gasteiger charge is -2.06. The monoisotopic (exact) mass is 336 g/mol. The molecule has 0 unspecified atom stereocenters. The van der Waals surface area contributed by atoms with Crippen LogP contribution < -0.4 is 10.6 Å². The molecule has 0 fully saturated rings. The summed E-state index contributed by atoms with van der Waals surface area (Å²) < 4.78 is 0.964. The van der Waals surface area contributed by atoms with Crippen LogP contribution in [0.4, 0.5) is 0 Å². The number of aromatic amines is 1. The van der Waals surface area contributed by atoms with Crippen LogP contribution in [-0.4, -0.2) is 29.2 Å². The lowest BCUT2D eigenvalue weighted by Crippen LogP contribution is -2.31. The van der Waals surface area contributed by atoms with Gasteiger partial charge >= 0.3 is 0 Å². The van der Waals surface area contributed by atoms with Gasteiger partial charge < -0.3 is 10.6 Å². The number of aryl methyl sites for hydroxylation is 1. The number of carbonyl (C=O) groups is 1. The Hall–Kier alpha value is -1.66. The molecule has 0 aliphatic heterocycles. The topological polar surface area (TPSA) is 69.8 Å². The summed E-state index contributed by atoms with van der Waals surface area (Å²) in [6.07, 6.45) is 1.81. The highest BCUT2D eigenvalue weighted by Crippen LogP contribution is 2.10. The third-order valence-electron chi connectivity index (χ3n) is 2.94. The molecule has 1 heterocycles. The van der Waals surface area contributed by atoms with Gasteiger partial charge in [0.05, 0.1) is 6.20 Å². The molecular formula is C14H17BrN4O. The normalized spacial score (nSPS) is 10.5. The Morgan fingerprint density at radius 2 is 2.05 bits per heavy atom. The molecule has 0 atom stereocenters. The molecule has 0 aliphatic rings. The quantitative estimate of drug-likeness (QED) is 0.706. The average molecular weight is 337 g/mol. The number of hydrogen-bond acceptors (Lipinski definition) is 3. The van der Waals surface area contributed by atoms with E-state index in [1.54, 1.807) is 12.1 Å². The van der Waals surface area contributed by atoms with E-state index >= 15 is 0 Å². The molecule has 6 heteroatoms. The second-order valence-electron chi connectivity index (χ2n) is 4.46. The van der Waals surface area contributed by atoms with E-state index in [0.717, 1.165) is 22.3 Å². The van der Waals surface area contributed by atoms with E-state index in [4.69, 9.17) is 0 Å². The Kier molecular flexibility index (Phi) is 5.31. The van der Waals surface area contributed by atoms with E-state index in [0.29, 0.717) is 18.7 Å². The molecule has 0 aliphatic carbocycles. The van der Waals surface area contributed by atoms with E-state index in [1.165, 1.54) is 0 Å². The molecule has 0 saturated carbocycles. The number of rotatable bonds is 6. The third kappa shape index (κ3) is 4.18. The molecule has 0 bridgehead atoms. The second-order valence-corrected chi connectivity index (χ2v) is 5.38. The predicted molar refractivity (Wildman–Crippen MR) is 81.5 cm³/mol. The van der Waals surface area contributed by atoms with Crippen molar-refractivity contribution in [3.8, 4) is 0 Å². The first-order valence-corrected chi connectivity index (χ1v) is 7.19. The SMILES string of the molecule is Cc1[nH]ncc1CNCCNC(=O)c1ccc(Br)cc1. The molecule has 0 radical (unpaired) electrons. The van der Waals surface area contributed by atoms with Crippen LogP contribution >= 0.6 is 15.9 Å². The van der Waals surface area contributed by atoms with Crippen LogP contribution in [0.1, 0.15) is 21.6 Å². The van der Waals surface area contributed by atoms with Crippen LogP contribution in [0.3, 0.4) is 0 Å². The minimum Gasteiger partial charge on any atom is -0.351 e. The standard InChI is InChI=1S/C14H17BrN4O/c1-10-12(9-18-19-10)8-16-6-7-17-14(20)11-2-4-13(15)5-3-11/h2-5,9,16H,6-8H2,1H3,(H,17,20)(H,18,19). The minimum absolute atomic E-state index is 0.0567. The zero-order valence-corrected chi connectivity index (χ0v) is 12.8. The molecule has 106 valence electrons. The summed E-state index contributed by atoms with van der Waals surface area (Å²) >= 11 is 3.34. The smallest absolute Gasteiger partial charge is 0.251 e. The van der Waals surface area contributed by atoms with Crippen molar-refractivity contribution in [3.63, 3.8) is 0 Å². The van der Waals surface area contributed by atoms with Crippen molar-refractivity contribution in [2.24, 2.45) is 0 Å². The van der Waals surface area contributed by atoms with Gasteiger partial charge in [0.1, 0.15) is 0 Å². The van der Waals surface area contributed by atoms with Gasteiger partial charge in [0.2, 0.25) is 0 Å². The number of nitrogens with one attached hydrogen (secondary N) is 3. The van der Waals surface area contributed by atoms with E-state index in [1.807, 2.05) is 25.3 Å². The highest BCUT2D eigenvalue weighted by Gasteiger charge is 2.04. The van der Waals surface area contributed by atoms with Crippen molar-refractivity contribution in [1.82, 2.24) is 20.8 Å². The van der Waals surface area contributed by atoms with Crippen molar-refractivity contribution in [2.75, 3.05) is 13.1 Å². The number of aromatic nitrogens is 2. The number of nitrogens with zero attached hydrogens (tertiary/aromatic N) is 1. The second kappa shape index (κ2) is 7.21. The van der Waals surface area contributed by atoms with Gasteiger partial charge in [0.25, 0.3) is 5.91 Å². The lowest BCUT2D eigenvalue weighted by atomic mass is 10.2. The summed E-state index contributed by atoms with van der Waals surface area (Å²) in [7, 11) is 0. The third-order valence-corrected chi connectivity index (χ3v) is 3.47. The Balaban J connectivity index is 1.67. The number of amides is 1. The number of halogens is 1. The fourth-order valence-electron chi connectivity index (χ4n) is 1.74. The van der Waals surface area contributed by atoms with E-state index in [9.17, 15) is 4.79 Å². The Morgan fingerprint density at radius 3 is 2.70 bits per heavy atom. The van der Waals surface area contributed by atoms with Crippen LogP contribution in [0.25, 0.3) is 0 Å². The Labute approximate surface area is 126 Å². The zero-order valence-electron chi connectivity index (χ0n) is 11.2. The minimum atomic E-state index is -0.0567. The van der Waals surface area contributed by atoms with E-state index in [2.05, 4.69) is 36.8 Å². The maximum Gasteiger partial charge on any atom is 0.251 e. The number of hydrogen-bond donors (Lipinski definition) is 3. The fraction of sp³-hybridized carbons (Fsp3) is 0.286. The molecule has 0 saturated heterocycles. The van der Waals surface area contributed by atoms with Crippen molar-refractivity contribution >= 4 is 21.8 Å². The van der Waals surface area contributed by atoms with Crippen molar-refractivity contribution in [1.29, 1.82) is 0 Å². The molecule has 0 spiro atoms. The van der Waals surface area contributed by atoms with E-state index < -0.39 is 0 Å². The summed E-state index contributed by atoms with van der Waals surface area (Å²) in [6, 6.07) is 7.30. The average Bonchev–Trinajstić information content (AvgIpc) is 2.84. The maximum absolute atomic E-state index is 11.8. The summed E-state index contributed by atoms with van der Waals surface area (Å²) in [5, 5.41) is 13.0. The number of carbonyl (C=O) groups excluding carboxylic acids is 1. The summed E-state index contributed by atoms with van der Waals surface area (Å²) in [4.78, 5) is 11.8. The van der Waals surface area contributed by atoms with Gasteiger partial charge in [0.15, 0.2) is 0 Å². The molecule has 3 N–H and O–H groups in total. The lowest BCUT2D eigenvalue weighted by molar-refractivity contribution is 0.0954. The van der Waals surface area contributed by atoms with Crippen LogP contribution in [0, 0.1) is 6.92 Å². The van der Waals surface area contributed by atoms with Crippen LogP contribution in [-0.2, 0) is 6.54 Å². The first kappa shape index (κ1) is 14.7. The molecule has 1 aromatic carbocycles.